The third-order valence-electron chi connectivity index (χ3n) is 2.69. The lowest BCUT2D eigenvalue weighted by atomic mass is 10.1. The number of carboxylic acids is 1. The quantitative estimate of drug-likeness (QED) is 0.817. The SMILES string of the molecule is COC(=O)CNCc1c(C(=O)O)sc2ccccc12. The van der Waals surface area contributed by atoms with Gasteiger partial charge in [0.05, 0.1) is 13.7 Å². The zero-order valence-corrected chi connectivity index (χ0v) is 11.1. The molecule has 0 spiro atoms. The van der Waals surface area contributed by atoms with Gasteiger partial charge in [0.25, 0.3) is 0 Å². The molecule has 0 fully saturated rings. The Morgan fingerprint density at radius 2 is 2.11 bits per heavy atom. The maximum Gasteiger partial charge on any atom is 0.346 e. The van der Waals surface area contributed by atoms with Gasteiger partial charge in [0.15, 0.2) is 0 Å². The van der Waals surface area contributed by atoms with Crippen LogP contribution in [0.5, 0.6) is 0 Å². The number of carboxylic acid groups (broad SMARTS) is 1. The molecule has 2 N–H and O–H groups in total. The van der Waals surface area contributed by atoms with E-state index in [-0.39, 0.29) is 12.5 Å². The van der Waals surface area contributed by atoms with E-state index in [4.69, 9.17) is 0 Å². The highest BCUT2D eigenvalue weighted by Gasteiger charge is 2.17. The highest BCUT2D eigenvalue weighted by atomic mass is 32.1. The Morgan fingerprint density at radius 3 is 2.79 bits per heavy atom. The topological polar surface area (TPSA) is 75.6 Å². The molecular formula is C13H13NO4S. The number of carbonyl (C=O) groups is 2. The lowest BCUT2D eigenvalue weighted by molar-refractivity contribution is -0.139. The largest absolute Gasteiger partial charge is 0.477 e. The monoisotopic (exact) mass is 279 g/mol. The molecule has 0 aliphatic carbocycles. The Kier molecular flexibility index (Phi) is 4.13. The Balaban J connectivity index is 2.26. The van der Waals surface area contributed by atoms with Gasteiger partial charge in [-0.2, -0.15) is 0 Å². The Morgan fingerprint density at radius 1 is 1.37 bits per heavy atom. The fourth-order valence-electron chi connectivity index (χ4n) is 1.81. The van der Waals surface area contributed by atoms with Crippen LogP contribution in [0.15, 0.2) is 24.3 Å². The molecule has 0 saturated carbocycles. The molecule has 0 unspecified atom stereocenters. The Hall–Kier alpha value is -1.92. The van der Waals surface area contributed by atoms with Gasteiger partial charge in [0, 0.05) is 11.2 Å². The molecule has 19 heavy (non-hydrogen) atoms. The first-order valence-electron chi connectivity index (χ1n) is 5.64. The van der Waals surface area contributed by atoms with Crippen LogP contribution < -0.4 is 5.32 Å². The fourth-order valence-corrected chi connectivity index (χ4v) is 2.87. The van der Waals surface area contributed by atoms with Crippen LogP contribution in [0.3, 0.4) is 0 Å². The lowest BCUT2D eigenvalue weighted by Crippen LogP contribution is -2.24. The molecule has 0 aliphatic rings. The van der Waals surface area contributed by atoms with Gasteiger partial charge in [0.1, 0.15) is 4.88 Å². The first kappa shape index (κ1) is 13.5. The second-order valence-corrected chi connectivity index (χ2v) is 4.94. The average Bonchev–Trinajstić information content (AvgIpc) is 2.78. The fraction of sp³-hybridized carbons (Fsp3) is 0.231. The zero-order valence-electron chi connectivity index (χ0n) is 10.3. The number of methoxy groups -OCH3 is 1. The van der Waals surface area contributed by atoms with E-state index in [1.54, 1.807) is 0 Å². The van der Waals surface area contributed by atoms with Gasteiger partial charge in [-0.05, 0) is 17.0 Å². The van der Waals surface area contributed by atoms with Gasteiger partial charge in [0.2, 0.25) is 0 Å². The van der Waals surface area contributed by atoms with Crippen molar-refractivity contribution in [2.45, 2.75) is 6.54 Å². The number of ether oxygens (including phenoxy) is 1. The minimum Gasteiger partial charge on any atom is -0.477 e. The van der Waals surface area contributed by atoms with Gasteiger partial charge in [-0.3, -0.25) is 4.79 Å². The Bertz CT molecular complexity index is 620. The predicted molar refractivity (Wildman–Crippen MR) is 72.5 cm³/mol. The van der Waals surface area contributed by atoms with Crippen molar-refractivity contribution in [2.75, 3.05) is 13.7 Å². The number of carbonyl (C=O) groups excluding carboxylic acids is 1. The van der Waals surface area contributed by atoms with Crippen LogP contribution in [0.4, 0.5) is 0 Å². The molecule has 1 aromatic carbocycles. The minimum atomic E-state index is -0.948. The number of benzene rings is 1. The number of thiophene rings is 1. The van der Waals surface area contributed by atoms with Crippen LogP contribution in [-0.4, -0.2) is 30.7 Å². The van der Waals surface area contributed by atoms with Gasteiger partial charge in [-0.15, -0.1) is 11.3 Å². The van der Waals surface area contributed by atoms with E-state index in [1.807, 2.05) is 24.3 Å². The third-order valence-corrected chi connectivity index (χ3v) is 3.89. The van der Waals surface area contributed by atoms with Crippen molar-refractivity contribution in [3.8, 4) is 0 Å². The van der Waals surface area contributed by atoms with Crippen molar-refractivity contribution in [3.63, 3.8) is 0 Å². The van der Waals surface area contributed by atoms with Crippen molar-refractivity contribution < 1.29 is 19.4 Å². The van der Waals surface area contributed by atoms with Gasteiger partial charge >= 0.3 is 11.9 Å². The van der Waals surface area contributed by atoms with E-state index in [0.29, 0.717) is 17.0 Å². The van der Waals surface area contributed by atoms with E-state index < -0.39 is 5.97 Å². The summed E-state index contributed by atoms with van der Waals surface area (Å²) in [5, 5.41) is 13.0. The predicted octanol–water partition coefficient (Wildman–Crippen LogP) is 1.86. The number of aromatic carboxylic acids is 1. The summed E-state index contributed by atoms with van der Waals surface area (Å²) in [7, 11) is 1.31. The summed E-state index contributed by atoms with van der Waals surface area (Å²) >= 11 is 1.24. The third kappa shape index (κ3) is 2.91. The van der Waals surface area contributed by atoms with E-state index in [2.05, 4.69) is 10.1 Å². The molecule has 0 bridgehead atoms. The molecule has 1 heterocycles. The molecule has 5 nitrogen and oxygen atoms in total. The molecule has 100 valence electrons. The highest BCUT2D eigenvalue weighted by molar-refractivity contribution is 7.21. The summed E-state index contributed by atoms with van der Waals surface area (Å²) in [5.74, 6) is -1.33. The van der Waals surface area contributed by atoms with Gasteiger partial charge in [-0.25, -0.2) is 4.79 Å². The number of nitrogens with one attached hydrogen (secondary N) is 1. The van der Waals surface area contributed by atoms with E-state index in [9.17, 15) is 14.7 Å². The summed E-state index contributed by atoms with van der Waals surface area (Å²) in [6.45, 7) is 0.375. The lowest BCUT2D eigenvalue weighted by Gasteiger charge is -2.04. The molecule has 1 aromatic heterocycles. The van der Waals surface area contributed by atoms with Crippen molar-refractivity contribution in [3.05, 3.63) is 34.7 Å². The maximum absolute atomic E-state index is 11.2. The second kappa shape index (κ2) is 5.81. The molecule has 0 saturated heterocycles. The van der Waals surface area contributed by atoms with E-state index in [1.165, 1.54) is 18.4 Å². The number of esters is 1. The molecule has 0 amide bonds. The minimum absolute atomic E-state index is 0.0553. The summed E-state index contributed by atoms with van der Waals surface area (Å²) in [4.78, 5) is 22.6. The van der Waals surface area contributed by atoms with Gasteiger partial charge in [-0.1, -0.05) is 18.2 Å². The summed E-state index contributed by atoms with van der Waals surface area (Å²) in [6, 6.07) is 7.50. The molecule has 6 heteroatoms. The molecule has 2 aromatic rings. The molecule has 0 radical (unpaired) electrons. The number of rotatable bonds is 5. The molecular weight excluding hydrogens is 266 g/mol. The van der Waals surface area contributed by atoms with Crippen molar-refractivity contribution in [2.24, 2.45) is 0 Å². The summed E-state index contributed by atoms with van der Waals surface area (Å²) < 4.78 is 5.45. The van der Waals surface area contributed by atoms with Crippen molar-refractivity contribution >= 4 is 33.4 Å². The summed E-state index contributed by atoms with van der Waals surface area (Å²) in [5.41, 5.74) is 0.706. The van der Waals surface area contributed by atoms with Crippen LogP contribution in [0.2, 0.25) is 0 Å². The zero-order chi connectivity index (χ0) is 13.8. The standard InChI is InChI=1S/C13H13NO4S/c1-18-11(15)7-14-6-9-8-4-2-3-5-10(8)19-12(9)13(16)17/h2-5,14H,6-7H2,1H3,(H,16,17). The number of hydrogen-bond acceptors (Lipinski definition) is 5. The van der Waals surface area contributed by atoms with E-state index >= 15 is 0 Å². The van der Waals surface area contributed by atoms with Crippen LogP contribution in [0.1, 0.15) is 15.2 Å². The average molecular weight is 279 g/mol. The normalized spacial score (nSPS) is 10.6. The number of fused-ring (bicyclic) bond motifs is 1. The van der Waals surface area contributed by atoms with Crippen molar-refractivity contribution in [1.29, 1.82) is 0 Å². The van der Waals surface area contributed by atoms with E-state index in [0.717, 1.165) is 10.1 Å². The first-order valence-corrected chi connectivity index (χ1v) is 6.46. The maximum atomic E-state index is 11.2. The van der Waals surface area contributed by atoms with Gasteiger partial charge < -0.3 is 15.2 Å². The van der Waals surface area contributed by atoms with Crippen molar-refractivity contribution in [1.82, 2.24) is 5.32 Å². The van der Waals surface area contributed by atoms with Crippen LogP contribution in [0.25, 0.3) is 10.1 Å². The van der Waals surface area contributed by atoms with Crippen LogP contribution in [0, 0.1) is 0 Å². The Labute approximate surface area is 113 Å². The molecule has 2 rings (SSSR count). The van der Waals surface area contributed by atoms with Crippen LogP contribution >= 0.6 is 11.3 Å². The first-order chi connectivity index (χ1) is 9.13. The molecule has 0 atom stereocenters. The highest BCUT2D eigenvalue weighted by Crippen LogP contribution is 2.31. The molecule has 0 aliphatic heterocycles. The second-order valence-electron chi connectivity index (χ2n) is 3.89. The smallest absolute Gasteiger partial charge is 0.346 e. The number of hydrogen-bond donors (Lipinski definition) is 2. The van der Waals surface area contributed by atoms with Crippen LogP contribution in [-0.2, 0) is 16.1 Å². The summed E-state index contributed by atoms with van der Waals surface area (Å²) in [6.07, 6.45) is 0.